The summed E-state index contributed by atoms with van der Waals surface area (Å²) in [5.41, 5.74) is 9.92. The maximum atomic E-state index is 5.95. The van der Waals surface area contributed by atoms with E-state index in [-0.39, 0.29) is 0 Å². The van der Waals surface area contributed by atoms with Crippen LogP contribution in [0.3, 0.4) is 0 Å². The molecule has 0 spiro atoms. The molecule has 20 heavy (non-hydrogen) atoms. The van der Waals surface area contributed by atoms with Crippen LogP contribution in [0.2, 0.25) is 0 Å². The average molecular weight is 274 g/mol. The Morgan fingerprint density at radius 2 is 2.05 bits per heavy atom. The number of nitrogens with zero attached hydrogens (tertiary/aromatic N) is 3. The summed E-state index contributed by atoms with van der Waals surface area (Å²) in [5.74, 6) is 1.16. The zero-order chi connectivity index (χ0) is 14.1. The van der Waals surface area contributed by atoms with Gasteiger partial charge >= 0.3 is 0 Å². The molecule has 0 bridgehead atoms. The Kier molecular flexibility index (Phi) is 3.94. The molecule has 1 saturated heterocycles. The van der Waals surface area contributed by atoms with E-state index in [0.717, 1.165) is 25.3 Å². The molecule has 2 N–H and O–H groups in total. The molecule has 0 saturated carbocycles. The van der Waals surface area contributed by atoms with Crippen molar-refractivity contribution in [3.05, 3.63) is 22.9 Å². The summed E-state index contributed by atoms with van der Waals surface area (Å²) in [5, 5.41) is 0. The lowest BCUT2D eigenvalue weighted by Crippen LogP contribution is -2.42. The van der Waals surface area contributed by atoms with Crippen molar-refractivity contribution in [1.29, 1.82) is 0 Å². The standard InChI is InChI=1S/C16H26N4/c1-19(2)14-6-8-20(9-7-14)16-13(11-17)10-12-4-3-5-15(12)18-16/h10,14H,3-9,11,17H2,1-2H3. The molecule has 4 heteroatoms. The minimum Gasteiger partial charge on any atom is -0.356 e. The van der Waals surface area contributed by atoms with Crippen molar-refractivity contribution in [2.24, 2.45) is 5.73 Å². The Bertz CT molecular complexity index is 476. The molecule has 4 nitrogen and oxygen atoms in total. The first-order valence-corrected chi connectivity index (χ1v) is 7.82. The SMILES string of the molecule is CN(C)C1CCN(c2nc3c(cc2CN)CCC3)CC1. The smallest absolute Gasteiger partial charge is 0.133 e. The van der Waals surface area contributed by atoms with Gasteiger partial charge in [0.1, 0.15) is 5.82 Å². The van der Waals surface area contributed by atoms with Gasteiger partial charge in [-0.1, -0.05) is 0 Å². The summed E-state index contributed by atoms with van der Waals surface area (Å²) in [4.78, 5) is 9.74. The molecule has 110 valence electrons. The lowest BCUT2D eigenvalue weighted by molar-refractivity contribution is 0.249. The number of hydrogen-bond acceptors (Lipinski definition) is 4. The van der Waals surface area contributed by atoms with Crippen LogP contribution in [0, 0.1) is 0 Å². The van der Waals surface area contributed by atoms with E-state index in [0.29, 0.717) is 12.6 Å². The van der Waals surface area contributed by atoms with Gasteiger partial charge in [-0.25, -0.2) is 4.98 Å². The molecule has 1 fully saturated rings. The van der Waals surface area contributed by atoms with Crippen molar-refractivity contribution in [2.75, 3.05) is 32.1 Å². The van der Waals surface area contributed by atoms with Gasteiger partial charge in [-0.2, -0.15) is 0 Å². The third-order valence-corrected chi connectivity index (χ3v) is 4.82. The first-order chi connectivity index (χ1) is 9.69. The molecule has 2 heterocycles. The number of aryl methyl sites for hydroxylation is 2. The van der Waals surface area contributed by atoms with E-state index in [4.69, 9.17) is 10.7 Å². The Labute approximate surface area is 122 Å². The summed E-state index contributed by atoms with van der Waals surface area (Å²) in [6.45, 7) is 2.80. The Balaban J connectivity index is 1.80. The van der Waals surface area contributed by atoms with E-state index in [1.54, 1.807) is 0 Å². The Morgan fingerprint density at radius 3 is 2.70 bits per heavy atom. The summed E-state index contributed by atoms with van der Waals surface area (Å²) < 4.78 is 0. The largest absolute Gasteiger partial charge is 0.356 e. The third-order valence-electron chi connectivity index (χ3n) is 4.82. The van der Waals surface area contributed by atoms with Gasteiger partial charge in [-0.15, -0.1) is 0 Å². The van der Waals surface area contributed by atoms with E-state index < -0.39 is 0 Å². The molecule has 0 unspecified atom stereocenters. The molecule has 3 rings (SSSR count). The van der Waals surface area contributed by atoms with Crippen LogP contribution in [0.15, 0.2) is 6.07 Å². The molecule has 0 aromatic carbocycles. The second kappa shape index (κ2) is 5.70. The number of fused-ring (bicyclic) bond motifs is 1. The maximum absolute atomic E-state index is 5.95. The van der Waals surface area contributed by atoms with E-state index >= 15 is 0 Å². The molecule has 0 radical (unpaired) electrons. The average Bonchev–Trinajstić information content (AvgIpc) is 2.93. The van der Waals surface area contributed by atoms with Gasteiger partial charge in [0.05, 0.1) is 0 Å². The van der Waals surface area contributed by atoms with Crippen molar-refractivity contribution < 1.29 is 0 Å². The highest BCUT2D eigenvalue weighted by molar-refractivity contribution is 5.51. The van der Waals surface area contributed by atoms with Crippen LogP contribution in [0.4, 0.5) is 5.82 Å². The molecular weight excluding hydrogens is 248 g/mol. The van der Waals surface area contributed by atoms with E-state index in [1.165, 1.54) is 42.5 Å². The van der Waals surface area contributed by atoms with Crippen molar-refractivity contribution in [2.45, 2.75) is 44.7 Å². The van der Waals surface area contributed by atoms with Gasteiger partial charge in [0.15, 0.2) is 0 Å². The van der Waals surface area contributed by atoms with Crippen LogP contribution in [-0.4, -0.2) is 43.1 Å². The lowest BCUT2D eigenvalue weighted by atomic mass is 10.0. The predicted octanol–water partition coefficient (Wildman–Crippen LogP) is 1.56. The first-order valence-electron chi connectivity index (χ1n) is 7.82. The maximum Gasteiger partial charge on any atom is 0.133 e. The predicted molar refractivity (Wildman–Crippen MR) is 83.1 cm³/mol. The number of nitrogens with two attached hydrogens (primary N) is 1. The Morgan fingerprint density at radius 1 is 1.30 bits per heavy atom. The normalized spacial score (nSPS) is 19.7. The fourth-order valence-electron chi connectivity index (χ4n) is 3.53. The second-order valence-electron chi connectivity index (χ2n) is 6.32. The molecule has 0 atom stereocenters. The molecule has 1 aliphatic carbocycles. The monoisotopic (exact) mass is 274 g/mol. The molecular formula is C16H26N4. The molecule has 2 aliphatic rings. The van der Waals surface area contributed by atoms with Crippen LogP contribution in [0.1, 0.15) is 36.1 Å². The van der Waals surface area contributed by atoms with Crippen molar-refractivity contribution in [3.63, 3.8) is 0 Å². The lowest BCUT2D eigenvalue weighted by Gasteiger charge is -2.36. The fraction of sp³-hybridized carbons (Fsp3) is 0.688. The van der Waals surface area contributed by atoms with Crippen molar-refractivity contribution in [3.8, 4) is 0 Å². The summed E-state index contributed by atoms with van der Waals surface area (Å²) in [6, 6.07) is 3.02. The Hall–Kier alpha value is -1.13. The minimum atomic E-state index is 0.600. The highest BCUT2D eigenvalue weighted by Gasteiger charge is 2.24. The van der Waals surface area contributed by atoms with Gasteiger partial charge in [0, 0.05) is 36.9 Å². The summed E-state index contributed by atoms with van der Waals surface area (Å²) in [7, 11) is 4.36. The number of pyridine rings is 1. The van der Waals surface area contributed by atoms with Gasteiger partial charge in [-0.05, 0) is 57.8 Å². The van der Waals surface area contributed by atoms with Crippen LogP contribution < -0.4 is 10.6 Å². The van der Waals surface area contributed by atoms with Crippen LogP contribution in [0.25, 0.3) is 0 Å². The van der Waals surface area contributed by atoms with E-state index in [1.807, 2.05) is 0 Å². The van der Waals surface area contributed by atoms with E-state index in [2.05, 4.69) is 30.0 Å². The van der Waals surface area contributed by atoms with Gasteiger partial charge in [-0.3, -0.25) is 0 Å². The van der Waals surface area contributed by atoms with E-state index in [9.17, 15) is 0 Å². The van der Waals surface area contributed by atoms with Crippen molar-refractivity contribution >= 4 is 5.82 Å². The topological polar surface area (TPSA) is 45.4 Å². The number of piperidine rings is 1. The van der Waals surface area contributed by atoms with Gasteiger partial charge in [0.25, 0.3) is 0 Å². The zero-order valence-electron chi connectivity index (χ0n) is 12.7. The molecule has 1 aromatic heterocycles. The first kappa shape index (κ1) is 13.8. The van der Waals surface area contributed by atoms with Crippen LogP contribution in [-0.2, 0) is 19.4 Å². The quantitative estimate of drug-likeness (QED) is 0.908. The zero-order valence-corrected chi connectivity index (χ0v) is 12.7. The summed E-state index contributed by atoms with van der Waals surface area (Å²) in [6.07, 6.45) is 6.00. The number of hydrogen-bond donors (Lipinski definition) is 1. The number of aromatic nitrogens is 1. The van der Waals surface area contributed by atoms with Gasteiger partial charge < -0.3 is 15.5 Å². The van der Waals surface area contributed by atoms with Crippen LogP contribution >= 0.6 is 0 Å². The third kappa shape index (κ3) is 2.54. The van der Waals surface area contributed by atoms with Crippen LogP contribution in [0.5, 0.6) is 0 Å². The molecule has 0 amide bonds. The minimum absolute atomic E-state index is 0.600. The number of rotatable bonds is 3. The second-order valence-corrected chi connectivity index (χ2v) is 6.32. The number of anilines is 1. The molecule has 1 aromatic rings. The van der Waals surface area contributed by atoms with Crippen molar-refractivity contribution in [1.82, 2.24) is 9.88 Å². The highest BCUT2D eigenvalue weighted by Crippen LogP contribution is 2.29. The van der Waals surface area contributed by atoms with Gasteiger partial charge in [0.2, 0.25) is 0 Å². The fourth-order valence-corrected chi connectivity index (χ4v) is 3.53. The molecule has 1 aliphatic heterocycles. The highest BCUT2D eigenvalue weighted by atomic mass is 15.2. The summed E-state index contributed by atoms with van der Waals surface area (Å²) >= 11 is 0.